The minimum Gasteiger partial charge on any atom is -0.469 e. The van der Waals surface area contributed by atoms with Gasteiger partial charge in [-0.2, -0.15) is 0 Å². The minimum atomic E-state index is -0.104. The zero-order valence-corrected chi connectivity index (χ0v) is 8.71. The fourth-order valence-corrected chi connectivity index (χ4v) is 2.48. The van der Waals surface area contributed by atoms with E-state index in [-0.39, 0.29) is 17.3 Å². The van der Waals surface area contributed by atoms with E-state index in [1.807, 2.05) is 0 Å². The third kappa shape index (κ3) is 1.25. The zero-order valence-electron chi connectivity index (χ0n) is 8.71. The molecular formula is C10H17NO3. The molecule has 0 radical (unpaired) electrons. The first-order valence-corrected chi connectivity index (χ1v) is 5.07. The van der Waals surface area contributed by atoms with Gasteiger partial charge in [0.1, 0.15) is 0 Å². The number of hydrogen-bond acceptors (Lipinski definition) is 4. The molecule has 2 atom stereocenters. The number of carbonyl (C=O) groups is 1. The summed E-state index contributed by atoms with van der Waals surface area (Å²) >= 11 is 0. The summed E-state index contributed by atoms with van der Waals surface area (Å²) in [5, 5.41) is 3.27. The summed E-state index contributed by atoms with van der Waals surface area (Å²) in [5.74, 6) is 0.339. The lowest BCUT2D eigenvalue weighted by molar-refractivity contribution is -0.199. The maximum Gasteiger partial charge on any atom is 0.310 e. The molecule has 0 aromatic heterocycles. The molecule has 1 spiro atoms. The molecule has 2 aliphatic heterocycles. The van der Waals surface area contributed by atoms with Crippen LogP contribution in [0.25, 0.3) is 0 Å². The van der Waals surface area contributed by atoms with E-state index in [0.29, 0.717) is 19.1 Å². The summed E-state index contributed by atoms with van der Waals surface area (Å²) in [4.78, 5) is 11.6. The van der Waals surface area contributed by atoms with Gasteiger partial charge in [-0.1, -0.05) is 6.92 Å². The Bertz CT molecular complexity index is 238. The highest BCUT2D eigenvalue weighted by molar-refractivity contribution is 5.74. The Kier molecular flexibility index (Phi) is 2.49. The van der Waals surface area contributed by atoms with Gasteiger partial charge in [-0.15, -0.1) is 0 Å². The Morgan fingerprint density at radius 3 is 2.71 bits per heavy atom. The smallest absolute Gasteiger partial charge is 0.310 e. The number of piperidine rings is 1. The van der Waals surface area contributed by atoms with Crippen molar-refractivity contribution in [3.63, 3.8) is 0 Å². The van der Waals surface area contributed by atoms with Crippen LogP contribution in [0.15, 0.2) is 0 Å². The van der Waals surface area contributed by atoms with Crippen molar-refractivity contribution < 1.29 is 14.3 Å². The van der Waals surface area contributed by atoms with Gasteiger partial charge in [0.25, 0.3) is 0 Å². The second-order valence-corrected chi connectivity index (χ2v) is 4.36. The highest BCUT2D eigenvalue weighted by Crippen LogP contribution is 2.44. The number of esters is 1. The van der Waals surface area contributed by atoms with Crippen LogP contribution in [0.5, 0.6) is 0 Å². The van der Waals surface area contributed by atoms with Crippen LogP contribution in [0.3, 0.4) is 0 Å². The van der Waals surface area contributed by atoms with Crippen LogP contribution in [-0.2, 0) is 14.3 Å². The lowest BCUT2D eigenvalue weighted by Crippen LogP contribution is -2.63. The molecule has 4 heteroatoms. The highest BCUT2D eigenvalue weighted by atomic mass is 16.5. The van der Waals surface area contributed by atoms with E-state index >= 15 is 0 Å². The molecule has 2 aliphatic rings. The average Bonchev–Trinajstić information content (AvgIpc) is 2.13. The first-order chi connectivity index (χ1) is 6.70. The Labute approximate surface area is 84.0 Å². The summed E-state index contributed by atoms with van der Waals surface area (Å²) < 4.78 is 10.1. The molecule has 14 heavy (non-hydrogen) atoms. The number of nitrogens with one attached hydrogen (secondary N) is 1. The van der Waals surface area contributed by atoms with Gasteiger partial charge < -0.3 is 14.8 Å². The molecule has 0 saturated carbocycles. The third-order valence-corrected chi connectivity index (χ3v) is 3.70. The van der Waals surface area contributed by atoms with Crippen LogP contribution < -0.4 is 5.32 Å². The molecule has 2 fully saturated rings. The molecule has 0 aromatic carbocycles. The van der Waals surface area contributed by atoms with E-state index in [9.17, 15) is 4.79 Å². The third-order valence-electron chi connectivity index (χ3n) is 3.70. The quantitative estimate of drug-likeness (QED) is 0.605. The average molecular weight is 199 g/mol. The maximum absolute atomic E-state index is 11.6. The lowest BCUT2D eigenvalue weighted by Gasteiger charge is -2.52. The van der Waals surface area contributed by atoms with E-state index in [1.54, 1.807) is 0 Å². The van der Waals surface area contributed by atoms with Crippen molar-refractivity contribution in [1.82, 2.24) is 5.32 Å². The fourth-order valence-electron chi connectivity index (χ4n) is 2.48. The van der Waals surface area contributed by atoms with Crippen LogP contribution in [-0.4, -0.2) is 39.4 Å². The molecule has 0 aromatic rings. The molecule has 1 N–H and O–H groups in total. The molecule has 2 rings (SSSR count). The predicted octanol–water partition coefficient (Wildman–Crippen LogP) is 0.0315. The summed E-state index contributed by atoms with van der Waals surface area (Å²) in [5.41, 5.74) is 0.0400. The highest BCUT2D eigenvalue weighted by Gasteiger charge is 2.54. The van der Waals surface area contributed by atoms with Gasteiger partial charge in [0, 0.05) is 12.0 Å². The molecule has 0 amide bonds. The molecule has 0 aliphatic carbocycles. The van der Waals surface area contributed by atoms with Crippen LogP contribution in [0.2, 0.25) is 0 Å². The van der Waals surface area contributed by atoms with Crippen molar-refractivity contribution in [3.05, 3.63) is 0 Å². The van der Waals surface area contributed by atoms with Crippen molar-refractivity contribution in [3.8, 4) is 0 Å². The molecule has 4 nitrogen and oxygen atoms in total. The summed E-state index contributed by atoms with van der Waals surface area (Å²) in [6.45, 7) is 5.27. The second-order valence-electron chi connectivity index (χ2n) is 4.36. The van der Waals surface area contributed by atoms with Gasteiger partial charge in [-0.25, -0.2) is 0 Å². The Morgan fingerprint density at radius 1 is 1.50 bits per heavy atom. The van der Waals surface area contributed by atoms with Crippen LogP contribution in [0.4, 0.5) is 0 Å². The molecular weight excluding hydrogens is 182 g/mol. The first kappa shape index (κ1) is 9.93. The number of rotatable bonds is 1. The fraction of sp³-hybridized carbons (Fsp3) is 0.900. The van der Waals surface area contributed by atoms with Gasteiger partial charge in [0.15, 0.2) is 0 Å². The number of carbonyl (C=O) groups excluding carboxylic acids is 1. The number of methoxy groups -OCH3 is 1. The minimum absolute atomic E-state index is 0.0370. The SMILES string of the molecule is COC(=O)C1CNCC(C)C12COC2. The standard InChI is InChI=1S/C10H17NO3/c1-7-3-11-4-8(9(12)13-2)10(7)5-14-6-10/h7-8,11H,3-6H2,1-2H3. The van der Waals surface area contributed by atoms with Crippen molar-refractivity contribution in [2.75, 3.05) is 33.4 Å². The second kappa shape index (κ2) is 3.51. The van der Waals surface area contributed by atoms with Crippen molar-refractivity contribution in [1.29, 1.82) is 0 Å². The largest absolute Gasteiger partial charge is 0.469 e. The first-order valence-electron chi connectivity index (χ1n) is 5.07. The topological polar surface area (TPSA) is 47.6 Å². The maximum atomic E-state index is 11.6. The molecule has 80 valence electrons. The Hall–Kier alpha value is -0.610. The van der Waals surface area contributed by atoms with E-state index in [1.165, 1.54) is 7.11 Å². The summed E-state index contributed by atoms with van der Waals surface area (Å²) in [7, 11) is 1.45. The Balaban J connectivity index is 2.17. The van der Waals surface area contributed by atoms with Crippen LogP contribution in [0.1, 0.15) is 6.92 Å². The van der Waals surface area contributed by atoms with Crippen molar-refractivity contribution in [2.45, 2.75) is 6.92 Å². The normalized spacial score (nSPS) is 35.0. The van der Waals surface area contributed by atoms with Gasteiger partial charge >= 0.3 is 5.97 Å². The van der Waals surface area contributed by atoms with E-state index in [4.69, 9.17) is 9.47 Å². The van der Waals surface area contributed by atoms with E-state index < -0.39 is 0 Å². The Morgan fingerprint density at radius 2 is 2.21 bits per heavy atom. The van der Waals surface area contributed by atoms with Gasteiger partial charge in [0.05, 0.1) is 26.2 Å². The van der Waals surface area contributed by atoms with Gasteiger partial charge in [-0.05, 0) is 12.5 Å². The number of hydrogen-bond donors (Lipinski definition) is 1. The molecule has 2 unspecified atom stereocenters. The van der Waals surface area contributed by atoms with E-state index in [0.717, 1.165) is 13.1 Å². The molecule has 2 heterocycles. The lowest BCUT2D eigenvalue weighted by atomic mass is 9.63. The monoisotopic (exact) mass is 199 g/mol. The van der Waals surface area contributed by atoms with Crippen LogP contribution in [0, 0.1) is 17.3 Å². The van der Waals surface area contributed by atoms with Gasteiger partial charge in [-0.3, -0.25) is 4.79 Å². The van der Waals surface area contributed by atoms with Crippen molar-refractivity contribution in [2.24, 2.45) is 17.3 Å². The van der Waals surface area contributed by atoms with E-state index in [2.05, 4.69) is 12.2 Å². The zero-order chi connectivity index (χ0) is 10.2. The predicted molar refractivity (Wildman–Crippen MR) is 50.8 cm³/mol. The van der Waals surface area contributed by atoms with Crippen LogP contribution >= 0.6 is 0 Å². The number of ether oxygens (including phenoxy) is 2. The molecule has 0 bridgehead atoms. The summed E-state index contributed by atoms with van der Waals surface area (Å²) in [6, 6.07) is 0. The molecule has 2 saturated heterocycles. The summed E-state index contributed by atoms with van der Waals surface area (Å²) in [6.07, 6.45) is 0. The van der Waals surface area contributed by atoms with Gasteiger partial charge in [0.2, 0.25) is 0 Å². The van der Waals surface area contributed by atoms with Crippen molar-refractivity contribution >= 4 is 5.97 Å².